The average Bonchev–Trinajstić information content (AvgIpc) is 2.12. The Labute approximate surface area is 80.3 Å². The topological polar surface area (TPSA) is 143 Å². The van der Waals surface area contributed by atoms with E-state index in [0.717, 1.165) is 0 Å². The highest BCUT2D eigenvalue weighted by Crippen LogP contribution is 1.78. The van der Waals surface area contributed by atoms with Crippen LogP contribution < -0.4 is 22.1 Å². The molecule has 0 bridgehead atoms. The van der Waals surface area contributed by atoms with Crippen molar-refractivity contribution in [2.75, 3.05) is 13.1 Å². The van der Waals surface area contributed by atoms with Gasteiger partial charge < -0.3 is 27.3 Å². The van der Waals surface area contributed by atoms with Crippen LogP contribution in [0.3, 0.4) is 0 Å². The van der Waals surface area contributed by atoms with Crippen molar-refractivity contribution in [1.29, 1.82) is 0 Å². The molecule has 0 fully saturated rings. The normalized spacial score (nSPS) is 10.7. The summed E-state index contributed by atoms with van der Waals surface area (Å²) in [5.74, 6) is -0.572. The Kier molecular flexibility index (Phi) is 5.59. The van der Waals surface area contributed by atoms with Gasteiger partial charge in [-0.1, -0.05) is 5.16 Å². The van der Waals surface area contributed by atoms with Crippen LogP contribution in [-0.4, -0.2) is 36.1 Å². The molecule has 0 aliphatic heterocycles. The molecule has 8 nitrogen and oxygen atoms in total. The van der Waals surface area contributed by atoms with E-state index >= 15 is 0 Å². The second-order valence-electron chi connectivity index (χ2n) is 2.41. The molecule has 0 spiro atoms. The Bertz CT molecular complexity index is 240. The number of hydrogen-bond donors (Lipinski definition) is 5. The number of oxime groups is 1. The minimum Gasteiger partial charge on any atom is -0.409 e. The predicted molar refractivity (Wildman–Crippen MR) is 48.6 cm³/mol. The summed E-state index contributed by atoms with van der Waals surface area (Å²) in [5.41, 5.74) is 9.85. The van der Waals surface area contributed by atoms with E-state index in [2.05, 4.69) is 15.8 Å². The predicted octanol–water partition coefficient (Wildman–Crippen LogP) is -2.09. The number of nitrogens with zero attached hydrogens (tertiary/aromatic N) is 1. The molecule has 0 atom stereocenters. The molecule has 0 aliphatic carbocycles. The van der Waals surface area contributed by atoms with Crippen molar-refractivity contribution in [3.05, 3.63) is 0 Å². The second-order valence-corrected chi connectivity index (χ2v) is 2.41. The molecule has 3 amide bonds. The molecule has 0 saturated heterocycles. The largest absolute Gasteiger partial charge is 0.409 e. The molecule has 0 radical (unpaired) electrons. The first-order chi connectivity index (χ1) is 6.56. The van der Waals surface area contributed by atoms with Crippen molar-refractivity contribution in [3.63, 3.8) is 0 Å². The van der Waals surface area contributed by atoms with Crippen LogP contribution in [0.1, 0.15) is 6.42 Å². The van der Waals surface area contributed by atoms with E-state index in [9.17, 15) is 9.59 Å². The quantitative estimate of drug-likeness (QED) is 0.115. The van der Waals surface area contributed by atoms with Crippen LogP contribution in [-0.2, 0) is 4.79 Å². The molecule has 8 heteroatoms. The average molecular weight is 203 g/mol. The minimum atomic E-state index is -0.657. The molecule has 14 heavy (non-hydrogen) atoms. The summed E-state index contributed by atoms with van der Waals surface area (Å²) in [6, 6.07) is -0.657. The molecule has 0 aromatic carbocycles. The van der Waals surface area contributed by atoms with Crippen molar-refractivity contribution in [2.45, 2.75) is 6.42 Å². The summed E-state index contributed by atoms with van der Waals surface area (Å²) in [6.45, 7) is 0.470. The van der Waals surface area contributed by atoms with Gasteiger partial charge in [-0.05, 0) is 0 Å². The fourth-order valence-electron chi connectivity index (χ4n) is 0.650. The summed E-state index contributed by atoms with van der Waals surface area (Å²) in [7, 11) is 0. The molecule has 0 aromatic heterocycles. The summed E-state index contributed by atoms with van der Waals surface area (Å²) >= 11 is 0. The number of nitrogens with two attached hydrogens (primary N) is 2. The second kappa shape index (κ2) is 6.52. The van der Waals surface area contributed by atoms with Crippen LogP contribution >= 0.6 is 0 Å². The highest BCUT2D eigenvalue weighted by atomic mass is 16.4. The van der Waals surface area contributed by atoms with Gasteiger partial charge in [0, 0.05) is 13.1 Å². The zero-order valence-electron chi connectivity index (χ0n) is 7.49. The molecule has 0 aliphatic rings. The number of hydrogen-bond acceptors (Lipinski definition) is 4. The molecule has 0 heterocycles. The first-order valence-corrected chi connectivity index (χ1v) is 3.82. The standard InChI is InChI=1S/C6H13N5O3/c7-4(11-14)3-5(12)9-1-2-10-6(8)13/h14H,1-3H2,(H2,7,11)(H,9,12)(H3,8,10,13). The van der Waals surface area contributed by atoms with Crippen LogP contribution in [0.5, 0.6) is 0 Å². The number of carbonyl (C=O) groups is 2. The van der Waals surface area contributed by atoms with Crippen molar-refractivity contribution in [3.8, 4) is 0 Å². The Balaban J connectivity index is 3.50. The number of rotatable bonds is 5. The van der Waals surface area contributed by atoms with Gasteiger partial charge in [-0.2, -0.15) is 0 Å². The number of amidine groups is 1. The van der Waals surface area contributed by atoms with Crippen molar-refractivity contribution in [2.24, 2.45) is 16.6 Å². The van der Waals surface area contributed by atoms with Gasteiger partial charge in [0.25, 0.3) is 0 Å². The fraction of sp³-hybridized carbons (Fsp3) is 0.500. The van der Waals surface area contributed by atoms with Gasteiger partial charge in [0.1, 0.15) is 5.84 Å². The summed E-state index contributed by atoms with van der Waals surface area (Å²) in [6.07, 6.45) is -0.187. The SMILES string of the molecule is NC(=O)NCCNC(=O)CC(N)=NO. The highest BCUT2D eigenvalue weighted by molar-refractivity contribution is 5.98. The van der Waals surface area contributed by atoms with E-state index in [-0.39, 0.29) is 25.3 Å². The van der Waals surface area contributed by atoms with Gasteiger partial charge >= 0.3 is 6.03 Å². The van der Waals surface area contributed by atoms with Crippen molar-refractivity contribution < 1.29 is 14.8 Å². The van der Waals surface area contributed by atoms with Crippen LogP contribution in [0, 0.1) is 0 Å². The molecule has 80 valence electrons. The lowest BCUT2D eigenvalue weighted by molar-refractivity contribution is -0.119. The minimum absolute atomic E-state index is 0.176. The third-order valence-electron chi connectivity index (χ3n) is 1.22. The maximum absolute atomic E-state index is 10.9. The van der Waals surface area contributed by atoms with Gasteiger partial charge in [0.15, 0.2) is 0 Å². The molecule has 0 rings (SSSR count). The van der Waals surface area contributed by atoms with E-state index in [1.807, 2.05) is 0 Å². The summed E-state index contributed by atoms with van der Waals surface area (Å²) < 4.78 is 0. The molecule has 0 aromatic rings. The third kappa shape index (κ3) is 6.70. The zero-order chi connectivity index (χ0) is 11.0. The number of urea groups is 1. The molecular weight excluding hydrogens is 190 g/mol. The lowest BCUT2D eigenvalue weighted by Gasteiger charge is -2.04. The molecular formula is C6H13N5O3. The first kappa shape index (κ1) is 12.0. The van der Waals surface area contributed by atoms with Gasteiger partial charge in [0.2, 0.25) is 5.91 Å². The maximum atomic E-state index is 10.9. The first-order valence-electron chi connectivity index (χ1n) is 3.82. The molecule has 0 saturated carbocycles. The smallest absolute Gasteiger partial charge is 0.312 e. The third-order valence-corrected chi connectivity index (χ3v) is 1.22. The zero-order valence-corrected chi connectivity index (χ0v) is 7.49. The van der Waals surface area contributed by atoms with Crippen LogP contribution in [0.15, 0.2) is 5.16 Å². The fourth-order valence-corrected chi connectivity index (χ4v) is 0.650. The monoisotopic (exact) mass is 203 g/mol. The summed E-state index contributed by atoms with van der Waals surface area (Å²) in [4.78, 5) is 21.1. The maximum Gasteiger partial charge on any atom is 0.312 e. The Morgan fingerprint density at radius 1 is 1.21 bits per heavy atom. The van der Waals surface area contributed by atoms with E-state index in [4.69, 9.17) is 16.7 Å². The van der Waals surface area contributed by atoms with E-state index in [1.165, 1.54) is 0 Å². The van der Waals surface area contributed by atoms with E-state index in [1.54, 1.807) is 0 Å². The summed E-state index contributed by atoms with van der Waals surface area (Å²) in [5, 5.41) is 15.5. The lowest BCUT2D eigenvalue weighted by atomic mass is 10.4. The van der Waals surface area contributed by atoms with E-state index < -0.39 is 11.9 Å². The van der Waals surface area contributed by atoms with E-state index in [0.29, 0.717) is 0 Å². The van der Waals surface area contributed by atoms with Gasteiger partial charge in [-0.15, -0.1) is 0 Å². The lowest BCUT2D eigenvalue weighted by Crippen LogP contribution is -2.38. The number of nitrogens with one attached hydrogen (secondary N) is 2. The number of primary amides is 1. The Hall–Kier alpha value is -1.99. The number of amides is 3. The van der Waals surface area contributed by atoms with Crippen LogP contribution in [0.2, 0.25) is 0 Å². The number of carbonyl (C=O) groups excluding carboxylic acids is 2. The van der Waals surface area contributed by atoms with Gasteiger partial charge in [0.05, 0.1) is 6.42 Å². The van der Waals surface area contributed by atoms with Crippen molar-refractivity contribution >= 4 is 17.8 Å². The highest BCUT2D eigenvalue weighted by Gasteiger charge is 2.03. The Morgan fingerprint density at radius 3 is 2.29 bits per heavy atom. The van der Waals surface area contributed by atoms with Gasteiger partial charge in [-0.3, -0.25) is 4.79 Å². The van der Waals surface area contributed by atoms with Crippen LogP contribution in [0.4, 0.5) is 4.79 Å². The van der Waals surface area contributed by atoms with Crippen LogP contribution in [0.25, 0.3) is 0 Å². The Morgan fingerprint density at radius 2 is 1.79 bits per heavy atom. The molecule has 0 unspecified atom stereocenters. The van der Waals surface area contributed by atoms with Crippen molar-refractivity contribution in [1.82, 2.24) is 10.6 Å². The molecule has 7 N–H and O–H groups in total. The van der Waals surface area contributed by atoms with Gasteiger partial charge in [-0.25, -0.2) is 4.79 Å².